The third kappa shape index (κ3) is 4.11. The van der Waals surface area contributed by atoms with E-state index >= 15 is 0 Å². The summed E-state index contributed by atoms with van der Waals surface area (Å²) >= 11 is 1.75. The fraction of sp³-hybridized carbons (Fsp3) is 0.471. The van der Waals surface area contributed by atoms with Crippen LogP contribution in [0.15, 0.2) is 18.3 Å². The van der Waals surface area contributed by atoms with Gasteiger partial charge in [0.2, 0.25) is 0 Å². The second kappa shape index (κ2) is 6.24. The van der Waals surface area contributed by atoms with Gasteiger partial charge in [0.1, 0.15) is 5.82 Å². The lowest BCUT2D eigenvalue weighted by Gasteiger charge is -2.13. The number of nitrogens with zero attached hydrogens (tertiary/aromatic N) is 1. The highest BCUT2D eigenvalue weighted by Gasteiger charge is 2.17. The lowest BCUT2D eigenvalue weighted by Crippen LogP contribution is -2.12. The maximum Gasteiger partial charge on any atom is 0.129 e. The summed E-state index contributed by atoms with van der Waals surface area (Å²) in [6.07, 6.45) is 1.94. The highest BCUT2D eigenvalue weighted by Crippen LogP contribution is 2.26. The lowest BCUT2D eigenvalue weighted by atomic mass is 9.98. The van der Waals surface area contributed by atoms with Gasteiger partial charge in [0, 0.05) is 29.6 Å². The Morgan fingerprint density at radius 1 is 1.14 bits per heavy atom. The fourth-order valence-electron chi connectivity index (χ4n) is 2.20. The van der Waals surface area contributed by atoms with E-state index in [1.54, 1.807) is 11.3 Å². The number of thiazole rings is 1. The molecule has 0 atom stereocenters. The predicted octanol–water partition coefficient (Wildman–Crippen LogP) is 4.49. The van der Waals surface area contributed by atoms with Gasteiger partial charge in [0.15, 0.2) is 0 Å². The zero-order valence-corrected chi connectivity index (χ0v) is 14.2. The van der Waals surface area contributed by atoms with E-state index in [4.69, 9.17) is 0 Å². The number of rotatable bonds is 4. The lowest BCUT2D eigenvalue weighted by molar-refractivity contribution is 0.585. The minimum absolute atomic E-state index is 0.101. The summed E-state index contributed by atoms with van der Waals surface area (Å²) in [6.45, 7) is 11.7. The first kappa shape index (κ1) is 16.1. The van der Waals surface area contributed by atoms with Gasteiger partial charge in [-0.2, -0.15) is 0 Å². The first-order chi connectivity index (χ1) is 9.77. The van der Waals surface area contributed by atoms with Gasteiger partial charge in [-0.1, -0.05) is 32.9 Å². The van der Waals surface area contributed by atoms with Crippen LogP contribution in [0.25, 0.3) is 0 Å². The summed E-state index contributed by atoms with van der Waals surface area (Å²) in [7, 11) is 0. The van der Waals surface area contributed by atoms with Gasteiger partial charge < -0.3 is 5.32 Å². The Hall–Kier alpha value is -1.26. The first-order valence-corrected chi connectivity index (χ1v) is 8.00. The molecular weight excluding hydrogens is 283 g/mol. The predicted molar refractivity (Wildman–Crippen MR) is 87.2 cm³/mol. The van der Waals surface area contributed by atoms with Crippen molar-refractivity contribution < 1.29 is 4.39 Å². The summed E-state index contributed by atoms with van der Waals surface area (Å²) < 4.78 is 13.6. The minimum Gasteiger partial charge on any atom is -0.308 e. The summed E-state index contributed by atoms with van der Waals surface area (Å²) in [5, 5.41) is 4.56. The molecule has 4 heteroatoms. The van der Waals surface area contributed by atoms with Gasteiger partial charge in [-0.15, -0.1) is 11.3 Å². The number of hydrogen-bond donors (Lipinski definition) is 1. The van der Waals surface area contributed by atoms with Crippen molar-refractivity contribution >= 4 is 11.3 Å². The van der Waals surface area contributed by atoms with Crippen LogP contribution in [-0.4, -0.2) is 4.98 Å². The van der Waals surface area contributed by atoms with E-state index in [9.17, 15) is 4.39 Å². The first-order valence-electron chi connectivity index (χ1n) is 7.19. The molecule has 114 valence electrons. The zero-order chi connectivity index (χ0) is 15.6. The molecule has 0 radical (unpaired) electrons. The van der Waals surface area contributed by atoms with E-state index in [-0.39, 0.29) is 11.2 Å². The van der Waals surface area contributed by atoms with Crippen LogP contribution in [0.1, 0.15) is 47.3 Å². The molecule has 0 saturated heterocycles. The van der Waals surface area contributed by atoms with Crippen LogP contribution in [0.4, 0.5) is 4.39 Å². The second-order valence-electron chi connectivity index (χ2n) is 6.53. The molecule has 1 heterocycles. The van der Waals surface area contributed by atoms with Crippen molar-refractivity contribution in [3.63, 3.8) is 0 Å². The minimum atomic E-state index is -0.101. The number of benzene rings is 1. The van der Waals surface area contributed by atoms with Crippen molar-refractivity contribution in [1.29, 1.82) is 0 Å². The molecule has 2 rings (SSSR count). The molecule has 0 fully saturated rings. The number of hydrogen-bond acceptors (Lipinski definition) is 3. The normalized spacial score (nSPS) is 11.9. The Bertz CT molecular complexity index is 603. The summed E-state index contributed by atoms with van der Waals surface area (Å²) in [6, 6.07) is 3.81. The van der Waals surface area contributed by atoms with Gasteiger partial charge in [-0.25, -0.2) is 9.37 Å². The standard InChI is InChI=1S/C17H23FN2S/c1-11-6-13(7-12(2)15(11)18)8-19-9-14-10-20-16(21-14)17(3,4)5/h6-7,10,19H,8-9H2,1-5H3. The van der Waals surface area contributed by atoms with Crippen LogP contribution in [0.3, 0.4) is 0 Å². The molecule has 0 unspecified atom stereocenters. The van der Waals surface area contributed by atoms with Crippen LogP contribution in [0.5, 0.6) is 0 Å². The topological polar surface area (TPSA) is 24.9 Å². The van der Waals surface area contributed by atoms with Crippen LogP contribution in [-0.2, 0) is 18.5 Å². The second-order valence-corrected chi connectivity index (χ2v) is 7.64. The highest BCUT2D eigenvalue weighted by molar-refractivity contribution is 7.11. The zero-order valence-electron chi connectivity index (χ0n) is 13.4. The third-order valence-corrected chi connectivity index (χ3v) is 4.74. The Morgan fingerprint density at radius 2 is 1.76 bits per heavy atom. The van der Waals surface area contributed by atoms with Gasteiger partial charge in [-0.05, 0) is 30.5 Å². The van der Waals surface area contributed by atoms with E-state index in [0.717, 1.165) is 23.7 Å². The van der Waals surface area contributed by atoms with Crippen molar-refractivity contribution in [2.45, 2.75) is 53.1 Å². The van der Waals surface area contributed by atoms with E-state index < -0.39 is 0 Å². The molecule has 2 aromatic rings. The molecule has 0 aliphatic carbocycles. The largest absolute Gasteiger partial charge is 0.308 e. The fourth-order valence-corrected chi connectivity index (χ4v) is 3.14. The van der Waals surface area contributed by atoms with Gasteiger partial charge in [0.05, 0.1) is 5.01 Å². The number of aromatic nitrogens is 1. The molecule has 0 bridgehead atoms. The average molecular weight is 306 g/mol. The third-order valence-electron chi connectivity index (χ3n) is 3.32. The maximum atomic E-state index is 13.6. The molecule has 0 saturated carbocycles. The van der Waals surface area contributed by atoms with E-state index in [1.807, 2.05) is 32.2 Å². The Labute approximate surface area is 130 Å². The monoisotopic (exact) mass is 306 g/mol. The van der Waals surface area contributed by atoms with Crippen LogP contribution >= 0.6 is 11.3 Å². The number of halogens is 1. The molecular formula is C17H23FN2S. The van der Waals surface area contributed by atoms with Gasteiger partial charge in [0.25, 0.3) is 0 Å². The maximum absolute atomic E-state index is 13.6. The van der Waals surface area contributed by atoms with Gasteiger partial charge in [-0.3, -0.25) is 0 Å². The molecule has 1 aromatic carbocycles. The molecule has 1 aromatic heterocycles. The molecule has 0 amide bonds. The summed E-state index contributed by atoms with van der Waals surface area (Å²) in [5.41, 5.74) is 2.64. The quantitative estimate of drug-likeness (QED) is 0.900. The van der Waals surface area contributed by atoms with Crippen LogP contribution in [0, 0.1) is 19.7 Å². The Morgan fingerprint density at radius 3 is 2.29 bits per heavy atom. The molecule has 1 N–H and O–H groups in total. The van der Waals surface area contributed by atoms with Crippen molar-refractivity contribution in [1.82, 2.24) is 10.3 Å². The molecule has 21 heavy (non-hydrogen) atoms. The van der Waals surface area contributed by atoms with E-state index in [2.05, 4.69) is 31.1 Å². The van der Waals surface area contributed by atoms with Crippen LogP contribution in [0.2, 0.25) is 0 Å². The average Bonchev–Trinajstić information content (AvgIpc) is 2.84. The highest BCUT2D eigenvalue weighted by atomic mass is 32.1. The van der Waals surface area contributed by atoms with E-state index in [1.165, 1.54) is 4.88 Å². The molecule has 0 aliphatic rings. The van der Waals surface area contributed by atoms with Gasteiger partial charge >= 0.3 is 0 Å². The Kier molecular flexibility index (Phi) is 4.79. The number of aryl methyl sites for hydroxylation is 2. The Balaban J connectivity index is 1.94. The summed E-state index contributed by atoms with van der Waals surface area (Å²) in [5.74, 6) is -0.101. The van der Waals surface area contributed by atoms with Crippen molar-refractivity contribution in [2.75, 3.05) is 0 Å². The number of nitrogens with one attached hydrogen (secondary N) is 1. The van der Waals surface area contributed by atoms with E-state index in [0.29, 0.717) is 11.1 Å². The smallest absolute Gasteiger partial charge is 0.129 e. The molecule has 0 spiro atoms. The SMILES string of the molecule is Cc1cc(CNCc2cnc(C(C)(C)C)s2)cc(C)c1F. The van der Waals surface area contributed by atoms with Crippen molar-refractivity contribution in [3.05, 3.63) is 50.7 Å². The summed E-state index contributed by atoms with van der Waals surface area (Å²) in [4.78, 5) is 5.71. The van der Waals surface area contributed by atoms with Crippen LogP contribution < -0.4 is 5.32 Å². The molecule has 0 aliphatic heterocycles. The van der Waals surface area contributed by atoms with Crippen molar-refractivity contribution in [3.8, 4) is 0 Å². The van der Waals surface area contributed by atoms with Crippen molar-refractivity contribution in [2.24, 2.45) is 0 Å². The molecule has 2 nitrogen and oxygen atoms in total.